The summed E-state index contributed by atoms with van der Waals surface area (Å²) in [6, 6.07) is 101. The van der Waals surface area contributed by atoms with Gasteiger partial charge in [-0.15, -0.1) is 0 Å². The Labute approximate surface area is 482 Å². The highest BCUT2D eigenvalue weighted by molar-refractivity contribution is 6.25. The summed E-state index contributed by atoms with van der Waals surface area (Å²) in [6.07, 6.45) is 8.19. The zero-order valence-electron chi connectivity index (χ0n) is 45.9. The molecule has 386 valence electrons. The highest BCUT2D eigenvalue weighted by atomic mass is 14.3. The summed E-state index contributed by atoms with van der Waals surface area (Å²) in [5.74, 6) is 0.397. The third kappa shape index (κ3) is 8.22. The Morgan fingerprint density at radius 3 is 1.37 bits per heavy atom. The van der Waals surface area contributed by atoms with Gasteiger partial charge in [-0.2, -0.15) is 5.26 Å². The fourth-order valence-corrected chi connectivity index (χ4v) is 13.7. The van der Waals surface area contributed by atoms with E-state index < -0.39 is 0 Å². The van der Waals surface area contributed by atoms with E-state index >= 15 is 0 Å². The molecule has 0 aliphatic heterocycles. The third-order valence-corrected chi connectivity index (χ3v) is 17.7. The molecule has 83 heavy (non-hydrogen) atoms. The number of benzene rings is 15. The molecule has 1 aliphatic carbocycles. The van der Waals surface area contributed by atoms with E-state index in [0.717, 1.165) is 22.8 Å². The van der Waals surface area contributed by atoms with Crippen molar-refractivity contribution in [3.63, 3.8) is 0 Å². The zero-order valence-corrected chi connectivity index (χ0v) is 45.9. The van der Waals surface area contributed by atoms with Gasteiger partial charge in [0.25, 0.3) is 0 Å². The Morgan fingerprint density at radius 1 is 0.301 bits per heavy atom. The first-order chi connectivity index (χ1) is 41.0. The maximum Gasteiger partial charge on any atom is 0.0991 e. The first kappa shape index (κ1) is 48.3. The van der Waals surface area contributed by atoms with Gasteiger partial charge in [-0.05, 0) is 231 Å². The average Bonchev–Trinajstić information content (AvgIpc) is 2.80. The summed E-state index contributed by atoms with van der Waals surface area (Å²) in [5, 5.41) is 29.3. The summed E-state index contributed by atoms with van der Waals surface area (Å²) in [7, 11) is 0. The van der Waals surface area contributed by atoms with Crippen molar-refractivity contribution in [2.45, 2.75) is 13.3 Å². The molecule has 0 radical (unpaired) electrons. The predicted molar refractivity (Wildman–Crippen MR) is 355 cm³/mol. The van der Waals surface area contributed by atoms with Gasteiger partial charge >= 0.3 is 0 Å². The molecule has 0 heterocycles. The quantitative estimate of drug-likeness (QED) is 0.146. The third-order valence-electron chi connectivity index (χ3n) is 17.7. The molecule has 0 saturated heterocycles. The van der Waals surface area contributed by atoms with E-state index in [0.29, 0.717) is 11.5 Å². The second kappa shape index (κ2) is 19.6. The van der Waals surface area contributed by atoms with Gasteiger partial charge in [-0.3, -0.25) is 0 Å². The number of hydrogen-bond donors (Lipinski definition) is 0. The van der Waals surface area contributed by atoms with Crippen LogP contribution in [0, 0.1) is 17.2 Å². The van der Waals surface area contributed by atoms with Gasteiger partial charge in [0.05, 0.1) is 11.6 Å². The molecule has 0 amide bonds. The van der Waals surface area contributed by atoms with Crippen molar-refractivity contribution in [2.24, 2.45) is 5.92 Å². The maximum atomic E-state index is 9.98. The van der Waals surface area contributed by atoms with Crippen LogP contribution in [-0.2, 0) is 0 Å². The van der Waals surface area contributed by atoms with E-state index in [9.17, 15) is 5.26 Å². The van der Waals surface area contributed by atoms with Crippen molar-refractivity contribution >= 4 is 91.8 Å². The molecule has 1 heteroatoms. The standard InChI is InChI=1S/C82H53N/c1-51-13-11-20-65(41-51)81-76-47-62(59-31-27-53-14-5-6-18-58(53)43-59)35-38-73(76)80(66-34-30-54-26-25-52(50-83)42-67(54)46-66)74-39-36-63(48-77(74)81)60-32-28-55-29-33-61(45-68(55)44-60)64-37-40-75-78(49-64)79(57-16-3-2-4-17-57)71-22-9-10-23-72(71)82(75)70-24-12-19-56-15-7-8-21-69(56)70/h2-12,14-49,51H,13H2,1H3. The van der Waals surface area contributed by atoms with Gasteiger partial charge in [0.15, 0.2) is 0 Å². The number of rotatable bonds is 7. The second-order valence-electron chi connectivity index (χ2n) is 22.7. The Balaban J connectivity index is 0.894. The van der Waals surface area contributed by atoms with E-state index in [2.05, 4.69) is 286 Å². The number of nitrogens with zero attached hydrogens (tertiary/aromatic N) is 1. The monoisotopic (exact) mass is 1050 g/mol. The highest BCUT2D eigenvalue weighted by Crippen LogP contribution is 2.49. The summed E-state index contributed by atoms with van der Waals surface area (Å²) in [4.78, 5) is 0. The molecule has 15 aromatic carbocycles. The number of nitriles is 1. The minimum absolute atomic E-state index is 0.397. The lowest BCUT2D eigenvalue weighted by atomic mass is 9.81. The Morgan fingerprint density at radius 2 is 0.735 bits per heavy atom. The lowest BCUT2D eigenvalue weighted by Gasteiger charge is -2.22. The minimum atomic E-state index is 0.397. The predicted octanol–water partition coefficient (Wildman–Crippen LogP) is 22.8. The van der Waals surface area contributed by atoms with Gasteiger partial charge in [-0.1, -0.05) is 237 Å². The first-order valence-electron chi connectivity index (χ1n) is 28.9. The van der Waals surface area contributed by atoms with E-state index in [1.807, 2.05) is 12.1 Å². The molecule has 0 saturated carbocycles. The Kier molecular flexibility index (Phi) is 11.4. The van der Waals surface area contributed by atoms with Crippen LogP contribution in [0.2, 0.25) is 0 Å². The molecule has 0 aromatic heterocycles. The normalized spacial score (nSPS) is 13.4. The number of hydrogen-bond acceptors (Lipinski definition) is 1. The van der Waals surface area contributed by atoms with Crippen molar-refractivity contribution in [2.75, 3.05) is 0 Å². The van der Waals surface area contributed by atoms with Crippen LogP contribution >= 0.6 is 0 Å². The zero-order chi connectivity index (χ0) is 55.1. The summed E-state index contributed by atoms with van der Waals surface area (Å²) < 4.78 is 0. The van der Waals surface area contributed by atoms with Gasteiger partial charge < -0.3 is 0 Å². The molecule has 16 rings (SSSR count). The molecule has 1 unspecified atom stereocenters. The fourth-order valence-electron chi connectivity index (χ4n) is 13.7. The molecule has 1 nitrogen and oxygen atoms in total. The topological polar surface area (TPSA) is 23.8 Å². The van der Waals surface area contributed by atoms with E-state index in [1.165, 1.54) is 148 Å². The van der Waals surface area contributed by atoms with Crippen LogP contribution in [0.1, 0.15) is 24.5 Å². The van der Waals surface area contributed by atoms with Crippen LogP contribution in [0.25, 0.3) is 159 Å². The summed E-state index contributed by atoms with van der Waals surface area (Å²) in [6.45, 7) is 2.33. The van der Waals surface area contributed by atoms with E-state index in [4.69, 9.17) is 0 Å². The van der Waals surface area contributed by atoms with Crippen LogP contribution in [-0.4, -0.2) is 0 Å². The molecule has 0 bridgehead atoms. The van der Waals surface area contributed by atoms with Gasteiger partial charge in [0.2, 0.25) is 0 Å². The van der Waals surface area contributed by atoms with Crippen molar-refractivity contribution in [1.29, 1.82) is 5.26 Å². The Bertz CT molecular complexity index is 5310. The van der Waals surface area contributed by atoms with Crippen LogP contribution in [0.5, 0.6) is 0 Å². The lowest BCUT2D eigenvalue weighted by Crippen LogP contribution is -1.99. The molecule has 1 atom stereocenters. The van der Waals surface area contributed by atoms with Crippen molar-refractivity contribution in [3.8, 4) is 72.8 Å². The van der Waals surface area contributed by atoms with Crippen molar-refractivity contribution in [3.05, 3.63) is 296 Å². The van der Waals surface area contributed by atoms with Crippen LogP contribution < -0.4 is 0 Å². The SMILES string of the molecule is CC1C=C(c2c3cc(-c4ccc5ccccc5c4)ccc3c(-c3ccc4ccc(C#N)cc4c3)c3ccc(-c4ccc5ccc(-c6ccc7c(-c8cccc9ccccc89)c8ccccc8c(-c8ccccc8)c7c6)cc5c4)cc23)C=CC1. The second-order valence-corrected chi connectivity index (χ2v) is 22.7. The van der Waals surface area contributed by atoms with E-state index in [1.54, 1.807) is 0 Å². The van der Waals surface area contributed by atoms with Gasteiger partial charge in [0.1, 0.15) is 0 Å². The van der Waals surface area contributed by atoms with Crippen molar-refractivity contribution in [1.82, 2.24) is 0 Å². The van der Waals surface area contributed by atoms with Gasteiger partial charge in [0, 0.05) is 0 Å². The average molecular weight is 1050 g/mol. The molecule has 1 aliphatic rings. The summed E-state index contributed by atoms with van der Waals surface area (Å²) in [5.41, 5.74) is 17.5. The minimum Gasteiger partial charge on any atom is -0.192 e. The molecule has 0 spiro atoms. The van der Waals surface area contributed by atoms with Gasteiger partial charge in [-0.25, -0.2) is 0 Å². The lowest BCUT2D eigenvalue weighted by molar-refractivity contribution is 0.740. The fraction of sp³-hybridized carbons (Fsp3) is 0.0366. The molecule has 0 N–H and O–H groups in total. The highest BCUT2D eigenvalue weighted by Gasteiger charge is 2.23. The van der Waals surface area contributed by atoms with Crippen molar-refractivity contribution < 1.29 is 0 Å². The molecule has 0 fully saturated rings. The smallest absolute Gasteiger partial charge is 0.0991 e. The largest absolute Gasteiger partial charge is 0.192 e. The number of fused-ring (bicyclic) bond motifs is 8. The van der Waals surface area contributed by atoms with E-state index in [-0.39, 0.29) is 0 Å². The van der Waals surface area contributed by atoms with Crippen LogP contribution in [0.4, 0.5) is 0 Å². The van der Waals surface area contributed by atoms with Crippen LogP contribution in [0.15, 0.2) is 285 Å². The maximum absolute atomic E-state index is 9.98. The molecular formula is C82H53N. The molecular weight excluding hydrogens is 999 g/mol. The van der Waals surface area contributed by atoms with Crippen LogP contribution in [0.3, 0.4) is 0 Å². The number of allylic oxidation sites excluding steroid dienone is 4. The summed E-state index contributed by atoms with van der Waals surface area (Å²) >= 11 is 0. The Hall–Kier alpha value is -10.7. The molecule has 15 aromatic rings. The first-order valence-corrected chi connectivity index (χ1v) is 28.9.